The van der Waals surface area contributed by atoms with Crippen LogP contribution in [-0.4, -0.2) is 22.6 Å². The molecule has 4 nitrogen and oxygen atoms in total. The number of carboxylic acid groups (broad SMARTS) is 1. The normalized spacial score (nSPS) is 46.7. The molecule has 9 atom stereocenters. The smallest absolute Gasteiger partial charge is 0.303 e. The lowest BCUT2D eigenvalue weighted by molar-refractivity contribution is -0.169. The second kappa shape index (κ2) is 7.74. The van der Waals surface area contributed by atoms with Gasteiger partial charge in [0.1, 0.15) is 11.6 Å². The van der Waals surface area contributed by atoms with Gasteiger partial charge in [-0.3, -0.25) is 14.4 Å². The maximum atomic E-state index is 13.9. The fourth-order valence-electron chi connectivity index (χ4n) is 8.97. The van der Waals surface area contributed by atoms with Gasteiger partial charge in [0.05, 0.1) is 0 Å². The Labute approximate surface area is 181 Å². The molecule has 0 heterocycles. The monoisotopic (exact) mass is 416 g/mol. The number of ketones is 2. The van der Waals surface area contributed by atoms with E-state index in [2.05, 4.69) is 27.7 Å². The van der Waals surface area contributed by atoms with Crippen LogP contribution in [0.3, 0.4) is 0 Å². The minimum absolute atomic E-state index is 0.0475. The zero-order valence-corrected chi connectivity index (χ0v) is 19.3. The van der Waals surface area contributed by atoms with Gasteiger partial charge in [-0.15, -0.1) is 0 Å². The minimum atomic E-state index is -0.704. The Morgan fingerprint density at radius 1 is 1.07 bits per heavy atom. The van der Waals surface area contributed by atoms with Gasteiger partial charge in [0.2, 0.25) is 0 Å². The molecular formula is C26H40O4. The third-order valence-corrected chi connectivity index (χ3v) is 10.5. The number of hydrogen-bond acceptors (Lipinski definition) is 3. The van der Waals surface area contributed by atoms with E-state index in [1.807, 2.05) is 0 Å². The van der Waals surface area contributed by atoms with E-state index in [0.717, 1.165) is 44.9 Å². The molecule has 0 aromatic rings. The predicted octanol–water partition coefficient (Wildman–Crippen LogP) is 5.53. The first-order valence-electron chi connectivity index (χ1n) is 12.4. The van der Waals surface area contributed by atoms with Crippen LogP contribution >= 0.6 is 0 Å². The molecule has 4 fully saturated rings. The third kappa shape index (κ3) is 3.19. The van der Waals surface area contributed by atoms with Crippen LogP contribution in [-0.2, 0) is 14.4 Å². The van der Waals surface area contributed by atoms with Crippen LogP contribution < -0.4 is 0 Å². The summed E-state index contributed by atoms with van der Waals surface area (Å²) in [5.74, 6) is 2.34. The molecule has 4 aliphatic carbocycles. The van der Waals surface area contributed by atoms with Gasteiger partial charge in [-0.2, -0.15) is 0 Å². The predicted molar refractivity (Wildman–Crippen MR) is 116 cm³/mol. The topological polar surface area (TPSA) is 71.4 Å². The van der Waals surface area contributed by atoms with E-state index >= 15 is 0 Å². The Balaban J connectivity index is 1.63. The minimum Gasteiger partial charge on any atom is -0.481 e. The number of Topliss-reactive ketones (excluding diaryl/α,β-unsaturated/α-hetero) is 2. The van der Waals surface area contributed by atoms with Crippen molar-refractivity contribution in [2.45, 2.75) is 91.9 Å². The highest BCUT2D eigenvalue weighted by atomic mass is 16.4. The number of hydrogen-bond donors (Lipinski definition) is 1. The molecule has 4 rings (SSSR count). The molecule has 0 aliphatic heterocycles. The first-order valence-corrected chi connectivity index (χ1v) is 12.4. The first-order chi connectivity index (χ1) is 14.1. The molecule has 0 aromatic heterocycles. The van der Waals surface area contributed by atoms with Gasteiger partial charge >= 0.3 is 5.97 Å². The molecule has 0 saturated heterocycles. The largest absolute Gasteiger partial charge is 0.481 e. The summed E-state index contributed by atoms with van der Waals surface area (Å²) in [6, 6.07) is 0. The van der Waals surface area contributed by atoms with E-state index in [1.54, 1.807) is 0 Å². The second-order valence-corrected chi connectivity index (χ2v) is 11.6. The summed E-state index contributed by atoms with van der Waals surface area (Å²) in [5, 5.41) is 9.14. The lowest BCUT2D eigenvalue weighted by Gasteiger charge is -2.61. The maximum Gasteiger partial charge on any atom is 0.303 e. The van der Waals surface area contributed by atoms with Gasteiger partial charge < -0.3 is 5.11 Å². The maximum absolute atomic E-state index is 13.9. The molecule has 0 bridgehead atoms. The Hall–Kier alpha value is -1.19. The van der Waals surface area contributed by atoms with Gasteiger partial charge in [0, 0.05) is 31.1 Å². The van der Waals surface area contributed by atoms with Gasteiger partial charge in [-0.1, -0.05) is 27.7 Å². The Kier molecular flexibility index (Phi) is 5.68. The van der Waals surface area contributed by atoms with Crippen LogP contribution in [0, 0.1) is 52.3 Å². The van der Waals surface area contributed by atoms with Crippen LogP contribution in [0.5, 0.6) is 0 Å². The van der Waals surface area contributed by atoms with Crippen LogP contribution in [0.15, 0.2) is 0 Å². The van der Waals surface area contributed by atoms with E-state index < -0.39 is 5.97 Å². The number of carbonyl (C=O) groups excluding carboxylic acids is 2. The summed E-state index contributed by atoms with van der Waals surface area (Å²) in [6.07, 6.45) is 8.61. The Morgan fingerprint density at radius 2 is 1.77 bits per heavy atom. The number of rotatable bonds is 5. The lowest BCUT2D eigenvalue weighted by atomic mass is 9.42. The number of carbonyl (C=O) groups is 3. The highest BCUT2D eigenvalue weighted by Crippen LogP contribution is 2.68. The van der Waals surface area contributed by atoms with Gasteiger partial charge in [0.25, 0.3) is 0 Å². The van der Waals surface area contributed by atoms with Crippen LogP contribution in [0.2, 0.25) is 0 Å². The Bertz CT molecular complexity index is 729. The van der Waals surface area contributed by atoms with Crippen molar-refractivity contribution in [3.63, 3.8) is 0 Å². The number of carboxylic acids is 1. The summed E-state index contributed by atoms with van der Waals surface area (Å²) >= 11 is 0. The number of aliphatic carboxylic acids is 1. The number of fused-ring (bicyclic) bond motifs is 5. The van der Waals surface area contributed by atoms with E-state index in [0.29, 0.717) is 48.1 Å². The van der Waals surface area contributed by atoms with E-state index in [1.165, 1.54) is 0 Å². The van der Waals surface area contributed by atoms with E-state index in [9.17, 15) is 14.4 Å². The quantitative estimate of drug-likeness (QED) is 0.639. The Morgan fingerprint density at radius 3 is 2.43 bits per heavy atom. The van der Waals surface area contributed by atoms with Crippen molar-refractivity contribution >= 4 is 17.5 Å². The van der Waals surface area contributed by atoms with Gasteiger partial charge in [-0.25, -0.2) is 0 Å². The van der Waals surface area contributed by atoms with Crippen molar-refractivity contribution in [3.8, 4) is 0 Å². The molecular weight excluding hydrogens is 376 g/mol. The van der Waals surface area contributed by atoms with Crippen molar-refractivity contribution in [2.24, 2.45) is 52.3 Å². The zero-order valence-electron chi connectivity index (χ0n) is 19.3. The van der Waals surface area contributed by atoms with Crippen molar-refractivity contribution < 1.29 is 19.5 Å². The molecule has 4 saturated carbocycles. The average molecular weight is 417 g/mol. The first kappa shape index (κ1) is 22.0. The van der Waals surface area contributed by atoms with Crippen molar-refractivity contribution in [3.05, 3.63) is 0 Å². The summed E-state index contributed by atoms with van der Waals surface area (Å²) in [5.41, 5.74) is 0.280. The van der Waals surface area contributed by atoms with Crippen LogP contribution in [0.4, 0.5) is 0 Å². The molecule has 4 heteroatoms. The van der Waals surface area contributed by atoms with Crippen molar-refractivity contribution in [1.29, 1.82) is 0 Å². The van der Waals surface area contributed by atoms with Crippen molar-refractivity contribution in [1.82, 2.24) is 0 Å². The molecule has 30 heavy (non-hydrogen) atoms. The van der Waals surface area contributed by atoms with Gasteiger partial charge in [0.15, 0.2) is 0 Å². The molecule has 0 radical (unpaired) electrons. The summed E-state index contributed by atoms with van der Waals surface area (Å²) < 4.78 is 0. The lowest BCUT2D eigenvalue weighted by Crippen LogP contribution is -2.60. The fraction of sp³-hybridized carbons (Fsp3) is 0.885. The highest BCUT2D eigenvalue weighted by Gasteiger charge is 2.65. The summed E-state index contributed by atoms with van der Waals surface area (Å²) in [4.78, 5) is 37.3. The van der Waals surface area contributed by atoms with Crippen molar-refractivity contribution in [2.75, 3.05) is 0 Å². The second-order valence-electron chi connectivity index (χ2n) is 11.6. The molecule has 0 spiro atoms. The SMILES string of the molecule is CCC1C(=O)[C@@H]2[C@H](CC[C@]3(C)[C@@H]([C@H](C)CCC(=O)O)CC[C@@H]23)[C@@]2(C)CCC(=O)C[C@@H]12. The van der Waals surface area contributed by atoms with E-state index in [4.69, 9.17) is 5.11 Å². The van der Waals surface area contributed by atoms with Crippen LogP contribution in [0.25, 0.3) is 0 Å². The fourth-order valence-corrected chi connectivity index (χ4v) is 8.97. The summed E-state index contributed by atoms with van der Waals surface area (Å²) in [7, 11) is 0. The standard InChI is InChI=1S/C26H40O4/c1-5-17-21-14-16(27)10-12-26(21,4)20-11-13-25(3)18(15(2)6-9-22(28)29)7-8-19(25)23(20)24(17)30/h15,17-21,23H,5-14H2,1-4H3,(H,28,29)/t15-,17?,18-,19+,20+,21+,23+,25-,26-/m1/s1. The molecule has 1 N–H and O–H groups in total. The van der Waals surface area contributed by atoms with Crippen LogP contribution in [0.1, 0.15) is 91.9 Å². The molecule has 1 unspecified atom stereocenters. The van der Waals surface area contributed by atoms with E-state index in [-0.39, 0.29) is 35.0 Å². The molecule has 0 aromatic carbocycles. The third-order valence-electron chi connectivity index (χ3n) is 10.5. The molecule has 168 valence electrons. The molecule has 4 aliphatic rings. The van der Waals surface area contributed by atoms with Gasteiger partial charge in [-0.05, 0) is 85.4 Å². The average Bonchev–Trinajstić information content (AvgIpc) is 3.05. The summed E-state index contributed by atoms with van der Waals surface area (Å²) in [6.45, 7) is 9.18. The zero-order chi connectivity index (χ0) is 21.8. The highest BCUT2D eigenvalue weighted by molar-refractivity contribution is 5.88. The molecule has 0 amide bonds.